The van der Waals surface area contributed by atoms with E-state index < -0.39 is 11.9 Å². The van der Waals surface area contributed by atoms with Gasteiger partial charge in [0.25, 0.3) is 0 Å². The van der Waals surface area contributed by atoms with Crippen molar-refractivity contribution in [3.05, 3.63) is 65.7 Å². The Bertz CT molecular complexity index is 1220. The molecule has 5 rings (SSSR count). The first kappa shape index (κ1) is 22.1. The van der Waals surface area contributed by atoms with Crippen molar-refractivity contribution in [2.45, 2.75) is 33.1 Å². The van der Waals surface area contributed by atoms with Crippen LogP contribution < -0.4 is 14.5 Å². The third-order valence-corrected chi connectivity index (χ3v) is 6.92. The number of nitrogens with zero attached hydrogens (tertiary/aromatic N) is 2. The minimum absolute atomic E-state index is 0.0746. The first-order chi connectivity index (χ1) is 16.3. The zero-order valence-electron chi connectivity index (χ0n) is 19.2. The fourth-order valence-corrected chi connectivity index (χ4v) is 5.02. The molecule has 34 heavy (non-hydrogen) atoms. The van der Waals surface area contributed by atoms with Gasteiger partial charge in [0.15, 0.2) is 0 Å². The maximum Gasteiger partial charge on any atom is 0.316 e. The molecule has 2 saturated heterocycles. The molecule has 2 aromatic rings. The topological polar surface area (TPSA) is 84.0 Å². The van der Waals surface area contributed by atoms with Crippen molar-refractivity contribution < 1.29 is 23.9 Å². The summed E-state index contributed by atoms with van der Waals surface area (Å²) in [5.74, 6) is -2.07. The lowest BCUT2D eigenvalue weighted by Crippen LogP contribution is -2.31. The highest BCUT2D eigenvalue weighted by molar-refractivity contribution is 6.22. The van der Waals surface area contributed by atoms with E-state index in [-0.39, 0.29) is 48.3 Å². The van der Waals surface area contributed by atoms with Crippen molar-refractivity contribution in [3.8, 4) is 5.75 Å². The first-order valence-corrected chi connectivity index (χ1v) is 11.5. The Hall–Kier alpha value is -3.74. The normalized spacial score (nSPS) is 24.4. The Morgan fingerprint density at radius 2 is 1.65 bits per heavy atom. The molecule has 2 heterocycles. The van der Waals surface area contributed by atoms with Crippen LogP contribution in [0, 0.1) is 24.7 Å². The molecule has 0 radical (unpaired) electrons. The van der Waals surface area contributed by atoms with E-state index >= 15 is 0 Å². The maximum atomic E-state index is 13.0. The van der Waals surface area contributed by atoms with Crippen molar-refractivity contribution in [2.24, 2.45) is 17.8 Å². The van der Waals surface area contributed by atoms with Crippen LogP contribution >= 0.6 is 0 Å². The number of rotatable bonds is 4. The monoisotopic (exact) mass is 458 g/mol. The van der Waals surface area contributed by atoms with Gasteiger partial charge in [-0.1, -0.05) is 35.4 Å². The third kappa shape index (κ3) is 3.91. The van der Waals surface area contributed by atoms with Gasteiger partial charge in [0.05, 0.1) is 23.4 Å². The van der Waals surface area contributed by atoms with Crippen molar-refractivity contribution in [1.82, 2.24) is 0 Å². The van der Waals surface area contributed by atoms with Gasteiger partial charge in [-0.25, -0.2) is 4.90 Å². The summed E-state index contributed by atoms with van der Waals surface area (Å²) in [6.07, 6.45) is 3.26. The average Bonchev–Trinajstić information content (AvgIpc) is 3.32. The smallest absolute Gasteiger partial charge is 0.316 e. The summed E-state index contributed by atoms with van der Waals surface area (Å²) in [6.45, 7) is 4.20. The number of carbonyl (C=O) groups is 4. The van der Waals surface area contributed by atoms with Gasteiger partial charge in [-0.15, -0.1) is 0 Å². The quantitative estimate of drug-likeness (QED) is 0.301. The summed E-state index contributed by atoms with van der Waals surface area (Å²) in [4.78, 5) is 54.1. The zero-order chi connectivity index (χ0) is 24.0. The van der Waals surface area contributed by atoms with Crippen molar-refractivity contribution in [3.63, 3.8) is 0 Å². The molecule has 3 atom stereocenters. The van der Waals surface area contributed by atoms with E-state index in [9.17, 15) is 19.2 Å². The summed E-state index contributed by atoms with van der Waals surface area (Å²) in [7, 11) is 0. The highest BCUT2D eigenvalue weighted by Crippen LogP contribution is 2.40. The largest absolute Gasteiger partial charge is 0.426 e. The number of imide groups is 1. The molecule has 2 aliphatic heterocycles. The molecule has 1 aliphatic carbocycles. The molecule has 0 N–H and O–H groups in total. The molecule has 7 nitrogen and oxygen atoms in total. The van der Waals surface area contributed by atoms with Crippen LogP contribution in [0.4, 0.5) is 11.4 Å². The molecular weight excluding hydrogens is 432 g/mol. The second-order valence-electron chi connectivity index (χ2n) is 9.37. The number of allylic oxidation sites excluding steroid dienone is 2. The van der Waals surface area contributed by atoms with E-state index in [2.05, 4.69) is 0 Å². The molecule has 2 aromatic carbocycles. The molecule has 3 aliphatic rings. The zero-order valence-corrected chi connectivity index (χ0v) is 19.2. The minimum Gasteiger partial charge on any atom is -0.426 e. The van der Waals surface area contributed by atoms with Crippen molar-refractivity contribution in [2.75, 3.05) is 16.3 Å². The van der Waals surface area contributed by atoms with Crippen LogP contribution in [0.1, 0.15) is 31.7 Å². The molecule has 2 fully saturated rings. The SMILES string of the molecule is CC1=CC[C@@H]2C(=O)N(c3cccc(OC(=O)[C@H]4CC(=O)N(c5ccc(C)cc5)C4)c3)C(=O)[C@H]2C1. The number of fused-ring (bicyclic) bond motifs is 1. The van der Waals surface area contributed by atoms with E-state index in [0.717, 1.165) is 16.8 Å². The lowest BCUT2D eigenvalue weighted by Gasteiger charge is -2.18. The molecule has 0 bridgehead atoms. The van der Waals surface area contributed by atoms with Gasteiger partial charge in [0.1, 0.15) is 5.75 Å². The predicted octanol–water partition coefficient (Wildman–Crippen LogP) is 3.80. The Morgan fingerprint density at radius 3 is 2.41 bits per heavy atom. The number of aryl methyl sites for hydroxylation is 1. The molecule has 174 valence electrons. The molecular formula is C27H26N2O5. The molecule has 0 aromatic heterocycles. The van der Waals surface area contributed by atoms with Gasteiger partial charge in [-0.2, -0.15) is 0 Å². The Kier molecular flexibility index (Phi) is 5.55. The highest BCUT2D eigenvalue weighted by atomic mass is 16.5. The fraction of sp³-hybridized carbons (Fsp3) is 0.333. The minimum atomic E-state index is -0.593. The number of hydrogen-bond acceptors (Lipinski definition) is 5. The number of benzene rings is 2. The molecule has 3 amide bonds. The second kappa shape index (κ2) is 8.56. The van der Waals surface area contributed by atoms with E-state index in [1.807, 2.05) is 44.2 Å². The number of hydrogen-bond donors (Lipinski definition) is 0. The van der Waals surface area contributed by atoms with Crippen LogP contribution in [0.5, 0.6) is 5.75 Å². The summed E-state index contributed by atoms with van der Waals surface area (Å²) < 4.78 is 5.58. The van der Waals surface area contributed by atoms with E-state index in [0.29, 0.717) is 18.5 Å². The lowest BCUT2D eigenvalue weighted by atomic mass is 9.82. The van der Waals surface area contributed by atoms with Crippen LogP contribution in [0.25, 0.3) is 0 Å². The molecule has 0 unspecified atom stereocenters. The highest BCUT2D eigenvalue weighted by Gasteiger charge is 2.48. The number of carbonyl (C=O) groups excluding carboxylic acids is 4. The van der Waals surface area contributed by atoms with Crippen LogP contribution in [0.15, 0.2) is 60.2 Å². The van der Waals surface area contributed by atoms with Gasteiger partial charge in [-0.3, -0.25) is 19.2 Å². The number of amides is 3. The Balaban J connectivity index is 1.29. The van der Waals surface area contributed by atoms with Gasteiger partial charge < -0.3 is 9.64 Å². The van der Waals surface area contributed by atoms with Gasteiger partial charge in [0.2, 0.25) is 17.7 Å². The maximum absolute atomic E-state index is 13.0. The van der Waals surface area contributed by atoms with Gasteiger partial charge in [-0.05, 0) is 51.0 Å². The first-order valence-electron chi connectivity index (χ1n) is 11.5. The van der Waals surface area contributed by atoms with Crippen molar-refractivity contribution in [1.29, 1.82) is 0 Å². The number of esters is 1. The average molecular weight is 459 g/mol. The van der Waals surface area contributed by atoms with Crippen LogP contribution in [0.2, 0.25) is 0 Å². The summed E-state index contributed by atoms with van der Waals surface area (Å²) in [5.41, 5.74) is 3.37. The van der Waals surface area contributed by atoms with Crippen LogP contribution in [-0.4, -0.2) is 30.2 Å². The van der Waals surface area contributed by atoms with Gasteiger partial charge >= 0.3 is 5.97 Å². The summed E-state index contributed by atoms with van der Waals surface area (Å²) in [6, 6.07) is 14.1. The Morgan fingerprint density at radius 1 is 0.912 bits per heavy atom. The number of anilines is 2. The van der Waals surface area contributed by atoms with E-state index in [1.54, 1.807) is 29.2 Å². The second-order valence-corrected chi connectivity index (χ2v) is 9.37. The van der Waals surface area contributed by atoms with Crippen LogP contribution in [-0.2, 0) is 19.2 Å². The molecule has 7 heteroatoms. The molecule has 0 spiro atoms. The fourth-order valence-electron chi connectivity index (χ4n) is 5.02. The predicted molar refractivity (Wildman–Crippen MR) is 126 cm³/mol. The third-order valence-electron chi connectivity index (χ3n) is 6.92. The summed E-state index contributed by atoms with van der Waals surface area (Å²) >= 11 is 0. The molecule has 0 saturated carbocycles. The van der Waals surface area contributed by atoms with E-state index in [1.165, 1.54) is 4.90 Å². The van der Waals surface area contributed by atoms with Gasteiger partial charge in [0, 0.05) is 24.7 Å². The summed E-state index contributed by atoms with van der Waals surface area (Å²) in [5, 5.41) is 0. The van der Waals surface area contributed by atoms with Crippen molar-refractivity contribution >= 4 is 35.1 Å². The van der Waals surface area contributed by atoms with Crippen LogP contribution in [0.3, 0.4) is 0 Å². The lowest BCUT2D eigenvalue weighted by molar-refractivity contribution is -0.139. The standard InChI is InChI=1S/C27H26N2O5/c1-16-6-9-19(10-7-16)28-15-18(13-24(28)30)27(33)34-21-5-3-4-20(14-21)29-25(31)22-11-8-17(2)12-23(22)26(29)32/h3-10,14,18,22-23H,11-13,15H2,1-2H3/t18-,22-,23-/m0/s1. The number of ether oxygens (including phenoxy) is 1. The van der Waals surface area contributed by atoms with E-state index in [4.69, 9.17) is 4.74 Å². The Labute approximate surface area is 198 Å².